The number of urea groups is 1. The summed E-state index contributed by atoms with van der Waals surface area (Å²) in [5.74, 6) is 0.534. The minimum Gasteiger partial charge on any atom is -0.378 e. The van der Waals surface area contributed by atoms with E-state index in [1.54, 1.807) is 29.2 Å². The van der Waals surface area contributed by atoms with Crippen molar-refractivity contribution in [2.24, 2.45) is 0 Å². The lowest BCUT2D eigenvalue weighted by atomic mass is 9.69. The standard InChI is InChI=1S/C26H31N3O3/c1-26(2)11-10-18-16-22(20-4-3-5-21(26)23(18)20)28-25(31)27-19-8-6-17(7-9-19)24(30)29-12-14-32-15-13-29/h3-9,18,22H,10-16H2,1-2H3,(H2,27,28,31). The molecule has 2 unspecified atom stereocenters. The van der Waals surface area contributed by atoms with Gasteiger partial charge in [0.1, 0.15) is 0 Å². The summed E-state index contributed by atoms with van der Waals surface area (Å²) in [4.78, 5) is 27.1. The molecule has 0 saturated carbocycles. The van der Waals surface area contributed by atoms with Gasteiger partial charge in [-0.25, -0.2) is 4.79 Å². The molecule has 2 N–H and O–H groups in total. The number of ether oxygens (including phenoxy) is 1. The molecule has 1 saturated heterocycles. The van der Waals surface area contributed by atoms with E-state index >= 15 is 0 Å². The molecule has 1 heterocycles. The molecular weight excluding hydrogens is 402 g/mol. The molecule has 2 aliphatic carbocycles. The van der Waals surface area contributed by atoms with Crippen molar-refractivity contribution in [2.75, 3.05) is 31.6 Å². The first kappa shape index (κ1) is 21.0. The van der Waals surface area contributed by atoms with Crippen LogP contribution in [0.4, 0.5) is 10.5 Å². The minimum atomic E-state index is -0.210. The van der Waals surface area contributed by atoms with Gasteiger partial charge in [-0.1, -0.05) is 32.0 Å². The number of nitrogens with zero attached hydrogens (tertiary/aromatic N) is 1. The highest BCUT2D eigenvalue weighted by Crippen LogP contribution is 2.52. The van der Waals surface area contributed by atoms with Crippen LogP contribution in [-0.4, -0.2) is 43.1 Å². The normalized spacial score (nSPS) is 23.4. The van der Waals surface area contributed by atoms with Gasteiger partial charge in [-0.15, -0.1) is 0 Å². The van der Waals surface area contributed by atoms with Crippen molar-refractivity contribution in [1.29, 1.82) is 0 Å². The lowest BCUT2D eigenvalue weighted by Crippen LogP contribution is -2.40. The zero-order valence-electron chi connectivity index (χ0n) is 18.8. The average molecular weight is 434 g/mol. The summed E-state index contributed by atoms with van der Waals surface area (Å²) in [6, 6.07) is 13.5. The third-order valence-electron chi connectivity index (χ3n) is 7.28. The Kier molecular flexibility index (Phi) is 5.41. The Morgan fingerprint density at radius 3 is 2.56 bits per heavy atom. The summed E-state index contributed by atoms with van der Waals surface area (Å²) in [6.07, 6.45) is 3.32. The largest absolute Gasteiger partial charge is 0.378 e. The van der Waals surface area contributed by atoms with E-state index in [0.29, 0.717) is 43.5 Å². The van der Waals surface area contributed by atoms with E-state index in [-0.39, 0.29) is 23.4 Å². The molecule has 3 amide bonds. The van der Waals surface area contributed by atoms with Crippen LogP contribution in [0.3, 0.4) is 0 Å². The fourth-order valence-corrected chi connectivity index (χ4v) is 5.50. The first-order valence-corrected chi connectivity index (χ1v) is 11.6. The summed E-state index contributed by atoms with van der Waals surface area (Å²) >= 11 is 0. The molecule has 168 valence electrons. The zero-order valence-corrected chi connectivity index (χ0v) is 18.8. The van der Waals surface area contributed by atoms with Gasteiger partial charge < -0.3 is 20.3 Å². The molecule has 1 fully saturated rings. The number of hydrogen-bond donors (Lipinski definition) is 2. The highest BCUT2D eigenvalue weighted by atomic mass is 16.5. The van der Waals surface area contributed by atoms with Gasteiger partial charge in [0.15, 0.2) is 0 Å². The Labute approximate surface area is 189 Å². The Morgan fingerprint density at radius 2 is 1.81 bits per heavy atom. The smallest absolute Gasteiger partial charge is 0.319 e. The lowest BCUT2D eigenvalue weighted by Gasteiger charge is -2.35. The lowest BCUT2D eigenvalue weighted by molar-refractivity contribution is 0.0303. The molecule has 1 aliphatic heterocycles. The zero-order chi connectivity index (χ0) is 22.3. The Hall–Kier alpha value is -2.86. The Bertz CT molecular complexity index is 1030. The summed E-state index contributed by atoms with van der Waals surface area (Å²) in [6.45, 7) is 7.03. The molecule has 6 nitrogen and oxygen atoms in total. The van der Waals surface area contributed by atoms with Crippen LogP contribution in [0.25, 0.3) is 0 Å². The minimum absolute atomic E-state index is 0.00200. The van der Waals surface area contributed by atoms with Crippen molar-refractivity contribution in [3.8, 4) is 0 Å². The summed E-state index contributed by atoms with van der Waals surface area (Å²) in [5.41, 5.74) is 5.66. The van der Waals surface area contributed by atoms with Crippen LogP contribution in [0, 0.1) is 0 Å². The van der Waals surface area contributed by atoms with Crippen molar-refractivity contribution in [3.63, 3.8) is 0 Å². The van der Waals surface area contributed by atoms with Crippen LogP contribution in [-0.2, 0) is 10.2 Å². The molecule has 2 aromatic carbocycles. The molecule has 0 spiro atoms. The predicted molar refractivity (Wildman–Crippen MR) is 124 cm³/mol. The third kappa shape index (κ3) is 3.88. The van der Waals surface area contributed by atoms with Crippen LogP contribution in [0.15, 0.2) is 42.5 Å². The maximum Gasteiger partial charge on any atom is 0.319 e. The molecule has 2 atom stereocenters. The highest BCUT2D eigenvalue weighted by Gasteiger charge is 2.40. The van der Waals surface area contributed by atoms with Gasteiger partial charge in [0.2, 0.25) is 0 Å². The molecule has 0 radical (unpaired) electrons. The van der Waals surface area contributed by atoms with Crippen molar-refractivity contribution in [1.82, 2.24) is 10.2 Å². The van der Waals surface area contributed by atoms with Crippen LogP contribution in [0.5, 0.6) is 0 Å². The van der Waals surface area contributed by atoms with Crippen molar-refractivity contribution in [2.45, 2.75) is 50.5 Å². The van der Waals surface area contributed by atoms with Gasteiger partial charge in [-0.3, -0.25) is 4.79 Å². The molecule has 6 heteroatoms. The second-order valence-corrected chi connectivity index (χ2v) is 9.80. The molecular formula is C26H31N3O3. The highest BCUT2D eigenvalue weighted by molar-refractivity contribution is 5.95. The van der Waals surface area contributed by atoms with E-state index in [4.69, 9.17) is 4.74 Å². The average Bonchev–Trinajstić information content (AvgIpc) is 3.15. The summed E-state index contributed by atoms with van der Waals surface area (Å²) in [7, 11) is 0. The van der Waals surface area contributed by atoms with Crippen molar-refractivity contribution < 1.29 is 14.3 Å². The maximum atomic E-state index is 12.8. The van der Waals surface area contributed by atoms with E-state index in [0.717, 1.165) is 6.42 Å². The van der Waals surface area contributed by atoms with Gasteiger partial charge in [0.25, 0.3) is 5.91 Å². The van der Waals surface area contributed by atoms with E-state index in [1.165, 1.54) is 29.5 Å². The third-order valence-corrected chi connectivity index (χ3v) is 7.28. The molecule has 32 heavy (non-hydrogen) atoms. The van der Waals surface area contributed by atoms with E-state index in [2.05, 4.69) is 42.7 Å². The molecule has 0 bridgehead atoms. The quantitative estimate of drug-likeness (QED) is 0.744. The van der Waals surface area contributed by atoms with Gasteiger partial charge in [0.05, 0.1) is 19.3 Å². The Morgan fingerprint density at radius 1 is 1.06 bits per heavy atom. The summed E-state index contributed by atoms with van der Waals surface area (Å²) < 4.78 is 5.31. The van der Waals surface area contributed by atoms with E-state index in [1.807, 2.05) is 0 Å². The van der Waals surface area contributed by atoms with Crippen molar-refractivity contribution in [3.05, 3.63) is 64.7 Å². The monoisotopic (exact) mass is 433 g/mol. The van der Waals surface area contributed by atoms with Crippen molar-refractivity contribution >= 4 is 17.6 Å². The topological polar surface area (TPSA) is 70.7 Å². The van der Waals surface area contributed by atoms with Gasteiger partial charge >= 0.3 is 6.03 Å². The van der Waals surface area contributed by atoms with Gasteiger partial charge in [0, 0.05) is 24.3 Å². The second-order valence-electron chi connectivity index (χ2n) is 9.80. The van der Waals surface area contributed by atoms with Crippen LogP contribution < -0.4 is 10.6 Å². The van der Waals surface area contributed by atoms with E-state index in [9.17, 15) is 9.59 Å². The number of carbonyl (C=O) groups excluding carboxylic acids is 2. The molecule has 5 rings (SSSR count). The number of nitrogens with one attached hydrogen (secondary N) is 2. The molecule has 3 aliphatic rings. The van der Waals surface area contributed by atoms with E-state index < -0.39 is 0 Å². The molecule has 0 aromatic heterocycles. The fourth-order valence-electron chi connectivity index (χ4n) is 5.50. The first-order valence-electron chi connectivity index (χ1n) is 11.6. The van der Waals surface area contributed by atoms with Gasteiger partial charge in [-0.2, -0.15) is 0 Å². The van der Waals surface area contributed by atoms with Crippen LogP contribution >= 0.6 is 0 Å². The second kappa shape index (κ2) is 8.24. The number of rotatable bonds is 3. The number of amides is 3. The number of hydrogen-bond acceptors (Lipinski definition) is 3. The van der Waals surface area contributed by atoms with Gasteiger partial charge in [-0.05, 0) is 71.6 Å². The number of morpholine rings is 1. The molecule has 2 aromatic rings. The maximum absolute atomic E-state index is 12.8. The Balaban J connectivity index is 1.24. The summed E-state index contributed by atoms with van der Waals surface area (Å²) in [5, 5.41) is 6.11. The number of benzene rings is 2. The number of anilines is 1. The fraction of sp³-hybridized carbons (Fsp3) is 0.462. The SMILES string of the molecule is CC1(C)CCC2CC(NC(=O)Nc3ccc(C(=O)N4CCOCC4)cc3)c3cccc1c32. The van der Waals surface area contributed by atoms with Crippen LogP contribution in [0.1, 0.15) is 72.1 Å². The predicted octanol–water partition coefficient (Wildman–Crippen LogP) is 4.58. The number of carbonyl (C=O) groups is 2. The van der Waals surface area contributed by atoms with Crippen LogP contribution in [0.2, 0.25) is 0 Å². The first-order chi connectivity index (χ1) is 15.4.